The average molecular weight is 224 g/mol. The van der Waals surface area contributed by atoms with Gasteiger partial charge in [-0.25, -0.2) is 4.39 Å². The molecule has 0 nitrogen and oxygen atoms in total. The lowest BCUT2D eigenvalue weighted by Crippen LogP contribution is -1.67. The van der Waals surface area contributed by atoms with Gasteiger partial charge in [-0.3, -0.25) is 0 Å². The standard InChI is InChI=1S/C10H8.C6H5F/c1-2-6-10-8-4-3-7-9(10)5-1;7-6-4-2-1-3-5-6/h1-8H;1-5H. The molecule has 0 radical (unpaired) electrons. The molecule has 0 fully saturated rings. The molecule has 3 aromatic rings. The molecule has 0 aliphatic rings. The van der Waals surface area contributed by atoms with Crippen molar-refractivity contribution in [2.45, 2.75) is 0 Å². The van der Waals surface area contributed by atoms with Gasteiger partial charge in [0.05, 0.1) is 0 Å². The molecule has 0 bridgehead atoms. The topological polar surface area (TPSA) is 0 Å². The van der Waals surface area contributed by atoms with Crippen LogP contribution in [0.2, 0.25) is 0 Å². The smallest absolute Gasteiger partial charge is 0.123 e. The summed E-state index contributed by atoms with van der Waals surface area (Å²) in [5, 5.41) is 2.62. The molecule has 0 saturated heterocycles. The second-order valence-corrected chi connectivity index (χ2v) is 3.64. The largest absolute Gasteiger partial charge is 0.207 e. The van der Waals surface area contributed by atoms with Crippen LogP contribution in [-0.2, 0) is 0 Å². The summed E-state index contributed by atoms with van der Waals surface area (Å²) in [7, 11) is 0. The molecule has 0 aliphatic heterocycles. The van der Waals surface area contributed by atoms with Crippen LogP contribution >= 0.6 is 0 Å². The van der Waals surface area contributed by atoms with E-state index in [1.807, 2.05) is 0 Å². The van der Waals surface area contributed by atoms with Crippen LogP contribution in [0.15, 0.2) is 78.9 Å². The third-order valence-corrected chi connectivity index (χ3v) is 2.39. The Kier molecular flexibility index (Phi) is 3.87. The lowest BCUT2D eigenvalue weighted by atomic mass is 10.1. The minimum Gasteiger partial charge on any atom is -0.207 e. The minimum absolute atomic E-state index is 0.178. The van der Waals surface area contributed by atoms with Crippen LogP contribution in [0.25, 0.3) is 10.8 Å². The molecular formula is C16H13F. The van der Waals surface area contributed by atoms with Gasteiger partial charge < -0.3 is 0 Å². The fourth-order valence-electron chi connectivity index (χ4n) is 1.55. The Morgan fingerprint density at radius 3 is 1.12 bits per heavy atom. The van der Waals surface area contributed by atoms with Crippen molar-refractivity contribution < 1.29 is 4.39 Å². The van der Waals surface area contributed by atoms with E-state index in [0.717, 1.165) is 0 Å². The SMILES string of the molecule is Fc1ccccc1.c1ccc2ccccc2c1. The Labute approximate surface area is 100 Å². The predicted octanol–water partition coefficient (Wildman–Crippen LogP) is 4.67. The molecule has 0 spiro atoms. The van der Waals surface area contributed by atoms with Gasteiger partial charge in [-0.15, -0.1) is 0 Å². The van der Waals surface area contributed by atoms with Gasteiger partial charge >= 0.3 is 0 Å². The van der Waals surface area contributed by atoms with Crippen molar-refractivity contribution in [3.8, 4) is 0 Å². The maximum atomic E-state index is 11.9. The lowest BCUT2D eigenvalue weighted by molar-refractivity contribution is 0.628. The van der Waals surface area contributed by atoms with Crippen LogP contribution in [0, 0.1) is 5.82 Å². The zero-order valence-corrected chi connectivity index (χ0v) is 9.38. The van der Waals surface area contributed by atoms with Gasteiger partial charge in [0.25, 0.3) is 0 Å². The third kappa shape index (κ3) is 3.42. The van der Waals surface area contributed by atoms with E-state index in [4.69, 9.17) is 0 Å². The quantitative estimate of drug-likeness (QED) is 0.520. The maximum absolute atomic E-state index is 11.9. The highest BCUT2D eigenvalue weighted by molar-refractivity contribution is 5.81. The maximum Gasteiger partial charge on any atom is 0.123 e. The van der Waals surface area contributed by atoms with Crippen molar-refractivity contribution in [2.24, 2.45) is 0 Å². The molecule has 0 amide bonds. The Morgan fingerprint density at radius 1 is 0.471 bits per heavy atom. The van der Waals surface area contributed by atoms with Gasteiger partial charge in [-0.05, 0) is 22.9 Å². The molecular weight excluding hydrogens is 211 g/mol. The van der Waals surface area contributed by atoms with Gasteiger partial charge in [-0.1, -0.05) is 66.7 Å². The summed E-state index contributed by atoms with van der Waals surface area (Å²) in [6, 6.07) is 24.7. The first-order valence-corrected chi connectivity index (χ1v) is 5.50. The van der Waals surface area contributed by atoms with E-state index < -0.39 is 0 Å². The Bertz CT molecular complexity index is 508. The molecule has 17 heavy (non-hydrogen) atoms. The minimum atomic E-state index is -0.178. The number of halogens is 1. The van der Waals surface area contributed by atoms with Crippen molar-refractivity contribution in [3.63, 3.8) is 0 Å². The second kappa shape index (κ2) is 5.80. The molecule has 0 heterocycles. The zero-order chi connectivity index (χ0) is 11.9. The fraction of sp³-hybridized carbons (Fsp3) is 0. The average Bonchev–Trinajstić information content (AvgIpc) is 2.41. The van der Waals surface area contributed by atoms with E-state index in [9.17, 15) is 4.39 Å². The number of hydrogen-bond acceptors (Lipinski definition) is 0. The Balaban J connectivity index is 0.000000136. The van der Waals surface area contributed by atoms with E-state index >= 15 is 0 Å². The molecule has 0 aromatic heterocycles. The number of hydrogen-bond donors (Lipinski definition) is 0. The van der Waals surface area contributed by atoms with Crippen LogP contribution in [-0.4, -0.2) is 0 Å². The van der Waals surface area contributed by atoms with E-state index in [1.165, 1.54) is 22.9 Å². The molecule has 3 rings (SSSR count). The van der Waals surface area contributed by atoms with Crippen LogP contribution in [0.5, 0.6) is 0 Å². The van der Waals surface area contributed by atoms with E-state index in [2.05, 4.69) is 48.5 Å². The summed E-state index contributed by atoms with van der Waals surface area (Å²) in [6.07, 6.45) is 0. The summed E-state index contributed by atoms with van der Waals surface area (Å²) < 4.78 is 11.9. The summed E-state index contributed by atoms with van der Waals surface area (Å²) in [6.45, 7) is 0. The van der Waals surface area contributed by atoms with Crippen LogP contribution in [0.3, 0.4) is 0 Å². The van der Waals surface area contributed by atoms with E-state index in [-0.39, 0.29) is 5.82 Å². The zero-order valence-electron chi connectivity index (χ0n) is 9.38. The molecule has 3 aromatic carbocycles. The van der Waals surface area contributed by atoms with E-state index in [0.29, 0.717) is 0 Å². The van der Waals surface area contributed by atoms with Gasteiger partial charge in [0, 0.05) is 0 Å². The predicted molar refractivity (Wildman–Crippen MR) is 70.3 cm³/mol. The normalized spacial score (nSPS) is 9.47. The van der Waals surface area contributed by atoms with Crippen LogP contribution in [0.1, 0.15) is 0 Å². The first-order valence-electron chi connectivity index (χ1n) is 5.50. The number of fused-ring (bicyclic) bond motifs is 1. The Morgan fingerprint density at radius 2 is 0.824 bits per heavy atom. The van der Waals surface area contributed by atoms with Gasteiger partial charge in [0.2, 0.25) is 0 Å². The summed E-state index contributed by atoms with van der Waals surface area (Å²) >= 11 is 0. The highest BCUT2D eigenvalue weighted by atomic mass is 19.1. The van der Waals surface area contributed by atoms with Gasteiger partial charge in [0.1, 0.15) is 5.82 Å². The molecule has 0 aliphatic carbocycles. The molecule has 84 valence electrons. The van der Waals surface area contributed by atoms with Crippen LogP contribution in [0.4, 0.5) is 4.39 Å². The summed E-state index contributed by atoms with van der Waals surface area (Å²) in [4.78, 5) is 0. The molecule has 0 saturated carbocycles. The monoisotopic (exact) mass is 224 g/mol. The molecule has 0 unspecified atom stereocenters. The molecule has 1 heteroatoms. The number of rotatable bonds is 0. The van der Waals surface area contributed by atoms with Crippen molar-refractivity contribution in [1.82, 2.24) is 0 Å². The van der Waals surface area contributed by atoms with Crippen molar-refractivity contribution in [1.29, 1.82) is 0 Å². The van der Waals surface area contributed by atoms with E-state index in [1.54, 1.807) is 18.2 Å². The van der Waals surface area contributed by atoms with Crippen molar-refractivity contribution in [3.05, 3.63) is 84.7 Å². The summed E-state index contributed by atoms with van der Waals surface area (Å²) in [5.41, 5.74) is 0. The fourth-order valence-corrected chi connectivity index (χ4v) is 1.55. The highest BCUT2D eigenvalue weighted by Gasteiger charge is 1.85. The molecule has 0 atom stereocenters. The Hall–Kier alpha value is -2.15. The van der Waals surface area contributed by atoms with Crippen molar-refractivity contribution >= 4 is 10.8 Å². The van der Waals surface area contributed by atoms with Crippen molar-refractivity contribution in [2.75, 3.05) is 0 Å². The second-order valence-electron chi connectivity index (χ2n) is 3.64. The summed E-state index contributed by atoms with van der Waals surface area (Å²) in [5.74, 6) is -0.178. The van der Waals surface area contributed by atoms with Gasteiger partial charge in [0.15, 0.2) is 0 Å². The lowest BCUT2D eigenvalue weighted by Gasteiger charge is -1.92. The third-order valence-electron chi connectivity index (χ3n) is 2.39. The number of benzene rings is 3. The van der Waals surface area contributed by atoms with Crippen LogP contribution < -0.4 is 0 Å². The highest BCUT2D eigenvalue weighted by Crippen LogP contribution is 2.11. The molecule has 0 N–H and O–H groups in total. The first-order chi connectivity index (χ1) is 8.36. The first kappa shape index (κ1) is 11.3. The van der Waals surface area contributed by atoms with Gasteiger partial charge in [-0.2, -0.15) is 0 Å².